The second kappa shape index (κ2) is 8.15. The maximum atomic E-state index is 5.82. The van der Waals surface area contributed by atoms with Crippen LogP contribution in [0.25, 0.3) is 0 Å². The lowest BCUT2D eigenvalue weighted by atomic mass is 10.2. The first-order chi connectivity index (χ1) is 10.2. The van der Waals surface area contributed by atoms with Crippen LogP contribution in [0.5, 0.6) is 5.75 Å². The molecule has 0 spiro atoms. The molecule has 1 aromatic carbocycles. The van der Waals surface area contributed by atoms with Crippen molar-refractivity contribution >= 4 is 11.3 Å². The van der Waals surface area contributed by atoms with E-state index in [1.807, 2.05) is 24.4 Å². The van der Waals surface area contributed by atoms with Crippen molar-refractivity contribution < 1.29 is 4.74 Å². The average molecular weight is 304 g/mol. The number of thiazole rings is 1. The Labute approximate surface area is 131 Å². The molecule has 1 unspecified atom stereocenters. The molecular weight excluding hydrogens is 280 g/mol. The van der Waals surface area contributed by atoms with E-state index in [1.165, 1.54) is 10.4 Å². The van der Waals surface area contributed by atoms with Crippen molar-refractivity contribution in [2.24, 2.45) is 0 Å². The molecular formula is C17H24N2OS. The maximum absolute atomic E-state index is 5.82. The number of rotatable bonds is 8. The first kappa shape index (κ1) is 16.0. The number of ether oxygens (including phenoxy) is 1. The van der Waals surface area contributed by atoms with Gasteiger partial charge in [0.15, 0.2) is 0 Å². The van der Waals surface area contributed by atoms with Gasteiger partial charge in [0.2, 0.25) is 0 Å². The van der Waals surface area contributed by atoms with Crippen LogP contribution in [0.1, 0.15) is 35.7 Å². The van der Waals surface area contributed by atoms with Gasteiger partial charge in [-0.25, -0.2) is 4.98 Å². The van der Waals surface area contributed by atoms with Gasteiger partial charge in [0.1, 0.15) is 5.75 Å². The summed E-state index contributed by atoms with van der Waals surface area (Å²) >= 11 is 1.77. The minimum absolute atomic E-state index is 0.555. The predicted octanol–water partition coefficient (Wildman–Crippen LogP) is 3.96. The lowest BCUT2D eigenvalue weighted by Gasteiger charge is -2.09. The molecule has 3 nitrogen and oxygen atoms in total. The van der Waals surface area contributed by atoms with Gasteiger partial charge in [0.05, 0.1) is 11.6 Å². The Morgan fingerprint density at radius 1 is 1.33 bits per heavy atom. The fraction of sp³-hybridized carbons (Fsp3) is 0.471. The van der Waals surface area contributed by atoms with Gasteiger partial charge in [-0.3, -0.25) is 0 Å². The third-order valence-corrected chi connectivity index (χ3v) is 4.56. The number of aryl methyl sites for hydroxylation is 1. The summed E-state index contributed by atoms with van der Waals surface area (Å²) in [6.07, 6.45) is 3.99. The first-order valence-electron chi connectivity index (χ1n) is 7.54. The van der Waals surface area contributed by atoms with E-state index in [4.69, 9.17) is 4.74 Å². The van der Waals surface area contributed by atoms with E-state index in [-0.39, 0.29) is 0 Å². The highest BCUT2D eigenvalue weighted by molar-refractivity contribution is 7.11. The molecule has 0 saturated heterocycles. The molecule has 0 aliphatic rings. The van der Waals surface area contributed by atoms with Crippen molar-refractivity contribution in [1.29, 1.82) is 0 Å². The predicted molar refractivity (Wildman–Crippen MR) is 89.1 cm³/mol. The molecule has 1 N–H and O–H groups in total. The van der Waals surface area contributed by atoms with Crippen molar-refractivity contribution in [1.82, 2.24) is 10.3 Å². The van der Waals surface area contributed by atoms with Crippen molar-refractivity contribution in [3.05, 3.63) is 45.9 Å². The lowest BCUT2D eigenvalue weighted by molar-refractivity contribution is 0.319. The monoisotopic (exact) mass is 304 g/mol. The van der Waals surface area contributed by atoms with Crippen LogP contribution in [0.15, 0.2) is 30.5 Å². The number of para-hydroxylation sites is 1. The summed E-state index contributed by atoms with van der Waals surface area (Å²) in [5, 5.41) is 4.63. The second-order valence-electron chi connectivity index (χ2n) is 5.27. The lowest BCUT2D eigenvalue weighted by Crippen LogP contribution is -2.23. The molecule has 2 aromatic rings. The van der Waals surface area contributed by atoms with Crippen LogP contribution < -0.4 is 10.1 Å². The Morgan fingerprint density at radius 3 is 2.90 bits per heavy atom. The van der Waals surface area contributed by atoms with E-state index in [0.29, 0.717) is 12.6 Å². The van der Waals surface area contributed by atoms with Gasteiger partial charge < -0.3 is 10.1 Å². The number of benzene rings is 1. The number of aromatic nitrogens is 1. The highest BCUT2D eigenvalue weighted by Gasteiger charge is 2.05. The molecule has 2 rings (SSSR count). The summed E-state index contributed by atoms with van der Waals surface area (Å²) < 4.78 is 5.82. The Balaban J connectivity index is 1.76. The number of nitrogens with zero attached hydrogens (tertiary/aromatic N) is 1. The van der Waals surface area contributed by atoms with Gasteiger partial charge in [0.25, 0.3) is 0 Å². The van der Waals surface area contributed by atoms with Crippen LogP contribution in [-0.4, -0.2) is 17.6 Å². The van der Waals surface area contributed by atoms with Crippen molar-refractivity contribution in [3.63, 3.8) is 0 Å². The first-order valence-corrected chi connectivity index (χ1v) is 8.36. The van der Waals surface area contributed by atoms with Gasteiger partial charge in [-0.15, -0.1) is 11.3 Å². The quantitative estimate of drug-likeness (QED) is 0.801. The van der Waals surface area contributed by atoms with E-state index in [9.17, 15) is 0 Å². The van der Waals surface area contributed by atoms with Crippen LogP contribution in [0.4, 0.5) is 0 Å². The molecule has 0 saturated carbocycles. The standard InChI is InChI=1S/C17H24N2OS/c1-4-14(3)18-11-15-12-19-17(21-15)9-10-20-16-8-6-5-7-13(16)2/h5-8,12,14,18H,4,9-11H2,1-3H3. The molecule has 114 valence electrons. The van der Waals surface area contributed by atoms with Gasteiger partial charge in [-0.2, -0.15) is 0 Å². The fourth-order valence-electron chi connectivity index (χ4n) is 1.93. The number of hydrogen-bond donors (Lipinski definition) is 1. The highest BCUT2D eigenvalue weighted by Crippen LogP contribution is 2.18. The minimum Gasteiger partial charge on any atom is -0.493 e. The van der Waals surface area contributed by atoms with E-state index < -0.39 is 0 Å². The summed E-state index contributed by atoms with van der Waals surface area (Å²) in [6.45, 7) is 8.05. The van der Waals surface area contributed by atoms with Crippen LogP contribution in [-0.2, 0) is 13.0 Å². The Bertz CT molecular complexity index is 553. The van der Waals surface area contributed by atoms with Crippen molar-refractivity contribution in [3.8, 4) is 5.75 Å². The number of hydrogen-bond acceptors (Lipinski definition) is 4. The van der Waals surface area contributed by atoms with Crippen LogP contribution >= 0.6 is 11.3 Å². The summed E-state index contributed by atoms with van der Waals surface area (Å²) in [5.41, 5.74) is 1.18. The molecule has 0 fully saturated rings. The average Bonchev–Trinajstić information content (AvgIpc) is 2.94. The molecule has 1 heterocycles. The molecule has 0 amide bonds. The van der Waals surface area contributed by atoms with Crippen LogP contribution in [0.2, 0.25) is 0 Å². The Morgan fingerprint density at radius 2 is 2.14 bits per heavy atom. The SMILES string of the molecule is CCC(C)NCc1cnc(CCOc2ccccc2C)s1. The van der Waals surface area contributed by atoms with Crippen molar-refractivity contribution in [2.75, 3.05) is 6.61 Å². The summed E-state index contributed by atoms with van der Waals surface area (Å²) in [6, 6.07) is 8.67. The van der Waals surface area contributed by atoms with Gasteiger partial charge >= 0.3 is 0 Å². The molecule has 0 bridgehead atoms. The third kappa shape index (κ3) is 5.14. The Kier molecular flexibility index (Phi) is 6.21. The second-order valence-corrected chi connectivity index (χ2v) is 6.47. The zero-order valence-corrected chi connectivity index (χ0v) is 13.9. The smallest absolute Gasteiger partial charge is 0.122 e. The van der Waals surface area contributed by atoms with Crippen molar-refractivity contribution in [2.45, 2.75) is 46.2 Å². The van der Waals surface area contributed by atoms with E-state index in [2.05, 4.69) is 37.1 Å². The molecule has 0 aliphatic carbocycles. The van der Waals surface area contributed by atoms with E-state index in [0.717, 1.165) is 30.1 Å². The summed E-state index contributed by atoms with van der Waals surface area (Å²) in [5.74, 6) is 0.965. The number of nitrogens with one attached hydrogen (secondary N) is 1. The molecule has 21 heavy (non-hydrogen) atoms. The summed E-state index contributed by atoms with van der Waals surface area (Å²) in [7, 11) is 0. The largest absolute Gasteiger partial charge is 0.493 e. The Hall–Kier alpha value is -1.39. The van der Waals surface area contributed by atoms with E-state index >= 15 is 0 Å². The molecule has 4 heteroatoms. The summed E-state index contributed by atoms with van der Waals surface area (Å²) in [4.78, 5) is 5.76. The van der Waals surface area contributed by atoms with Crippen LogP contribution in [0, 0.1) is 6.92 Å². The zero-order chi connectivity index (χ0) is 15.1. The normalized spacial score (nSPS) is 12.3. The fourth-order valence-corrected chi connectivity index (χ4v) is 2.79. The molecule has 1 aromatic heterocycles. The topological polar surface area (TPSA) is 34.2 Å². The van der Waals surface area contributed by atoms with Crippen LogP contribution in [0.3, 0.4) is 0 Å². The molecule has 0 radical (unpaired) electrons. The van der Waals surface area contributed by atoms with Gasteiger partial charge in [-0.1, -0.05) is 25.1 Å². The molecule has 0 aliphatic heterocycles. The minimum atomic E-state index is 0.555. The zero-order valence-electron chi connectivity index (χ0n) is 13.1. The molecule has 1 atom stereocenters. The van der Waals surface area contributed by atoms with Gasteiger partial charge in [0, 0.05) is 30.1 Å². The maximum Gasteiger partial charge on any atom is 0.122 e. The highest BCUT2D eigenvalue weighted by atomic mass is 32.1. The van der Waals surface area contributed by atoms with E-state index in [1.54, 1.807) is 11.3 Å². The third-order valence-electron chi connectivity index (χ3n) is 3.51. The van der Waals surface area contributed by atoms with Gasteiger partial charge in [-0.05, 0) is 31.9 Å².